The van der Waals surface area contributed by atoms with Crippen LogP contribution in [-0.4, -0.2) is 68.1 Å². The lowest BCUT2D eigenvalue weighted by molar-refractivity contribution is -0.0105. The Balaban J connectivity index is 1.40. The second-order valence-corrected chi connectivity index (χ2v) is 13.3. The lowest BCUT2D eigenvalue weighted by Gasteiger charge is -2.31. The van der Waals surface area contributed by atoms with Crippen molar-refractivity contribution in [1.82, 2.24) is 10.3 Å². The van der Waals surface area contributed by atoms with E-state index in [-0.39, 0.29) is 35.2 Å². The van der Waals surface area contributed by atoms with Gasteiger partial charge in [0, 0.05) is 42.1 Å². The number of H-pyrrole nitrogens is 1. The molecule has 9 heteroatoms. The van der Waals surface area contributed by atoms with Crippen LogP contribution in [0, 0.1) is 35.5 Å². The fourth-order valence-electron chi connectivity index (χ4n) is 7.19. The van der Waals surface area contributed by atoms with E-state index >= 15 is 0 Å². The molecule has 2 aliphatic carbocycles. The van der Waals surface area contributed by atoms with Crippen molar-refractivity contribution in [3.63, 3.8) is 0 Å². The first kappa shape index (κ1) is 34.6. The minimum absolute atomic E-state index is 0.0887. The molecule has 1 aliphatic heterocycles. The summed E-state index contributed by atoms with van der Waals surface area (Å²) in [4.78, 5) is 3.25. The molecule has 3 aliphatic rings. The molecule has 1 aromatic heterocycles. The number of hydrogen-bond acceptors (Lipinski definition) is 8. The average molecular weight is 646 g/mol. The summed E-state index contributed by atoms with van der Waals surface area (Å²) in [5, 5.41) is 57.5. The van der Waals surface area contributed by atoms with Crippen LogP contribution in [0.25, 0.3) is 0 Å². The van der Waals surface area contributed by atoms with Crippen LogP contribution in [0.1, 0.15) is 69.0 Å². The summed E-state index contributed by atoms with van der Waals surface area (Å²) in [6.07, 6.45) is 12.3. The molecule has 0 unspecified atom stereocenters. The smallest absolute Gasteiger partial charge is 0.161 e. The van der Waals surface area contributed by atoms with Gasteiger partial charge in [0.05, 0.1) is 24.6 Å². The van der Waals surface area contributed by atoms with Gasteiger partial charge in [-0.15, -0.1) is 0 Å². The van der Waals surface area contributed by atoms with Gasteiger partial charge in [-0.1, -0.05) is 55.9 Å². The molecule has 0 spiro atoms. The molecule has 9 nitrogen and oxygen atoms in total. The number of benzene rings is 1. The molecule has 47 heavy (non-hydrogen) atoms. The minimum Gasteiger partial charge on any atom is -0.504 e. The molecule has 2 aromatic rings. The maximum absolute atomic E-state index is 11.5. The number of fused-ring (bicyclic) bond motifs is 1. The predicted molar refractivity (Wildman–Crippen MR) is 182 cm³/mol. The SMILES string of the molecule is CC[C@@H]1C#C[C@@H]2C=C[C@H](c3ccc(O)c(O[C@H](C[C@H](Cc4ccc[nH]4)C4=CCNC(N)=C4)[C@H](O)CO)c3)C[C@@H](O)[C@H]2[C@@H](O)CCCC1. The van der Waals surface area contributed by atoms with Crippen LogP contribution in [0.2, 0.25) is 0 Å². The highest BCUT2D eigenvalue weighted by Gasteiger charge is 2.36. The van der Waals surface area contributed by atoms with Crippen LogP contribution in [0.4, 0.5) is 0 Å². The first-order valence-corrected chi connectivity index (χ1v) is 17.1. The number of aromatic amines is 1. The maximum atomic E-state index is 11.5. The zero-order valence-corrected chi connectivity index (χ0v) is 27.3. The number of aromatic nitrogens is 1. The van der Waals surface area contributed by atoms with Crippen molar-refractivity contribution in [2.45, 2.75) is 88.6 Å². The molecule has 5 rings (SSSR count). The van der Waals surface area contributed by atoms with Gasteiger partial charge < -0.3 is 46.3 Å². The Bertz CT molecular complexity index is 1460. The Kier molecular flexibility index (Phi) is 12.1. The molecule has 9 atom stereocenters. The molecule has 0 fully saturated rings. The van der Waals surface area contributed by atoms with E-state index in [9.17, 15) is 25.5 Å². The van der Waals surface area contributed by atoms with Gasteiger partial charge in [-0.3, -0.25) is 0 Å². The number of nitrogens with one attached hydrogen (secondary N) is 2. The molecule has 0 bridgehead atoms. The summed E-state index contributed by atoms with van der Waals surface area (Å²) < 4.78 is 6.34. The Morgan fingerprint density at radius 2 is 1.91 bits per heavy atom. The molecule has 1 aromatic carbocycles. The molecule has 2 heterocycles. The van der Waals surface area contributed by atoms with E-state index < -0.39 is 31.0 Å². The van der Waals surface area contributed by atoms with Crippen LogP contribution >= 0.6 is 0 Å². The van der Waals surface area contributed by atoms with Crippen molar-refractivity contribution >= 4 is 0 Å². The van der Waals surface area contributed by atoms with E-state index in [4.69, 9.17) is 10.5 Å². The van der Waals surface area contributed by atoms with Gasteiger partial charge in [0.15, 0.2) is 11.5 Å². The van der Waals surface area contributed by atoms with Crippen molar-refractivity contribution < 1.29 is 30.3 Å². The van der Waals surface area contributed by atoms with E-state index in [1.807, 2.05) is 42.6 Å². The lowest BCUT2D eigenvalue weighted by Crippen LogP contribution is -2.37. The summed E-state index contributed by atoms with van der Waals surface area (Å²) in [6.45, 7) is 2.22. The normalized spacial score (nSPS) is 28.2. The number of hydrogen-bond donors (Lipinski definition) is 8. The first-order valence-electron chi connectivity index (χ1n) is 17.1. The van der Waals surface area contributed by atoms with E-state index in [1.54, 1.807) is 12.1 Å². The van der Waals surface area contributed by atoms with E-state index in [1.165, 1.54) is 0 Å². The summed E-state index contributed by atoms with van der Waals surface area (Å²) in [6, 6.07) is 9.04. The van der Waals surface area contributed by atoms with E-state index in [2.05, 4.69) is 35.1 Å². The summed E-state index contributed by atoms with van der Waals surface area (Å²) in [5.41, 5.74) is 8.93. The van der Waals surface area contributed by atoms with Gasteiger partial charge in [-0.25, -0.2) is 0 Å². The van der Waals surface area contributed by atoms with Gasteiger partial charge in [0.2, 0.25) is 0 Å². The summed E-state index contributed by atoms with van der Waals surface area (Å²) in [7, 11) is 0. The molecule has 0 amide bonds. The number of phenolic OH excluding ortho intramolecular Hbond substituents is 1. The quantitative estimate of drug-likeness (QED) is 0.134. The Labute approximate surface area is 278 Å². The van der Waals surface area contributed by atoms with Crippen LogP contribution in [-0.2, 0) is 6.42 Å². The topological polar surface area (TPSA) is 164 Å². The lowest BCUT2D eigenvalue weighted by atomic mass is 9.79. The number of ether oxygens (including phenoxy) is 1. The molecule has 0 saturated carbocycles. The standard InChI is InChI=1S/C38H51N3O6/c1-2-24-6-3-4-8-32(44)38-25(10-9-24)11-12-26(19-33(38)45)27-13-14-31(43)35(20-27)47-36(34(46)23-42)21-29(18-30-7-5-16-40-30)28-15-17-41-37(39)22-28/h5,7,11-16,20,22,24-26,29,32-34,36,38,40-46H,2-4,6,8,17-19,21,23,39H2,1H3/t24-,25+,26-,29-,32-,33+,34+,36+,38+/m0/s1. The highest BCUT2D eigenvalue weighted by molar-refractivity contribution is 5.44. The van der Waals surface area contributed by atoms with Crippen LogP contribution < -0.4 is 15.8 Å². The summed E-state index contributed by atoms with van der Waals surface area (Å²) >= 11 is 0. The van der Waals surface area contributed by atoms with Gasteiger partial charge >= 0.3 is 0 Å². The second kappa shape index (κ2) is 16.4. The van der Waals surface area contributed by atoms with E-state index in [0.717, 1.165) is 42.5 Å². The number of nitrogens with two attached hydrogens (primary N) is 1. The first-order chi connectivity index (χ1) is 22.7. The van der Waals surface area contributed by atoms with Gasteiger partial charge in [-0.05, 0) is 85.9 Å². The molecule has 0 radical (unpaired) electrons. The number of aliphatic hydroxyl groups excluding tert-OH is 4. The zero-order chi connectivity index (χ0) is 33.3. The number of phenols is 1. The number of aliphatic hydroxyl groups is 4. The average Bonchev–Trinajstić information content (AvgIpc) is 3.52. The van der Waals surface area contributed by atoms with Gasteiger partial charge in [-0.2, -0.15) is 0 Å². The third-order valence-corrected chi connectivity index (χ3v) is 9.99. The fourth-order valence-corrected chi connectivity index (χ4v) is 7.19. The van der Waals surface area contributed by atoms with Gasteiger partial charge in [0.1, 0.15) is 12.2 Å². The summed E-state index contributed by atoms with van der Waals surface area (Å²) in [5.74, 6) is 6.83. The highest BCUT2D eigenvalue weighted by atomic mass is 16.5. The fraction of sp³-hybridized carbons (Fsp3) is 0.526. The van der Waals surface area contributed by atoms with Gasteiger partial charge in [0.25, 0.3) is 0 Å². The minimum atomic E-state index is -1.20. The molecule has 9 N–H and O–H groups in total. The molecule has 254 valence electrons. The van der Waals surface area contributed by atoms with Crippen molar-refractivity contribution in [2.24, 2.45) is 29.4 Å². The number of allylic oxidation sites excluding steroid dienone is 4. The van der Waals surface area contributed by atoms with Crippen molar-refractivity contribution in [2.75, 3.05) is 13.2 Å². The highest BCUT2D eigenvalue weighted by Crippen LogP contribution is 2.39. The number of aromatic hydroxyl groups is 1. The molecule has 0 saturated heterocycles. The molecular formula is C38H51N3O6. The number of dihydropyridines is 1. The zero-order valence-electron chi connectivity index (χ0n) is 27.3. The largest absolute Gasteiger partial charge is 0.504 e. The van der Waals surface area contributed by atoms with Crippen molar-refractivity contribution in [3.8, 4) is 23.3 Å². The van der Waals surface area contributed by atoms with Crippen LogP contribution in [0.5, 0.6) is 11.5 Å². The van der Waals surface area contributed by atoms with E-state index in [0.29, 0.717) is 44.0 Å². The van der Waals surface area contributed by atoms with Crippen LogP contribution in [0.15, 0.2) is 72.2 Å². The predicted octanol–water partition coefficient (Wildman–Crippen LogP) is 4.00. The van der Waals surface area contributed by atoms with Crippen molar-refractivity contribution in [3.05, 3.63) is 83.5 Å². The third-order valence-electron chi connectivity index (χ3n) is 9.99. The maximum Gasteiger partial charge on any atom is 0.161 e. The Morgan fingerprint density at radius 3 is 2.66 bits per heavy atom. The third kappa shape index (κ3) is 9.02. The monoisotopic (exact) mass is 645 g/mol. The van der Waals surface area contributed by atoms with Crippen molar-refractivity contribution in [1.29, 1.82) is 0 Å². The number of rotatable bonds is 11. The second-order valence-electron chi connectivity index (χ2n) is 13.3. The van der Waals surface area contributed by atoms with Crippen LogP contribution in [0.3, 0.4) is 0 Å². The Morgan fingerprint density at radius 1 is 1.09 bits per heavy atom. The Hall–Kier alpha value is -3.68. The molecular weight excluding hydrogens is 594 g/mol.